The first kappa shape index (κ1) is 8.99. The Bertz CT molecular complexity index is 203. The van der Waals surface area contributed by atoms with E-state index in [0.29, 0.717) is 13.0 Å². The van der Waals surface area contributed by atoms with Gasteiger partial charge >= 0.3 is 5.97 Å². The highest BCUT2D eigenvalue weighted by molar-refractivity contribution is 5.94. The van der Waals surface area contributed by atoms with Gasteiger partial charge in [0.25, 0.3) is 0 Å². The third-order valence-electron chi connectivity index (χ3n) is 1.70. The molecule has 1 N–H and O–H groups in total. The lowest BCUT2D eigenvalue weighted by molar-refractivity contribution is -0.142. The molecule has 0 bridgehead atoms. The molecular formula is C7H12N2O3. The number of carbonyl (C=O) groups is 1. The Morgan fingerprint density at radius 1 is 1.67 bits per heavy atom. The molecule has 12 heavy (non-hydrogen) atoms. The molecule has 68 valence electrons. The van der Waals surface area contributed by atoms with Crippen LogP contribution in [0.25, 0.3) is 0 Å². The van der Waals surface area contributed by atoms with Gasteiger partial charge in [0.2, 0.25) is 0 Å². The van der Waals surface area contributed by atoms with Crippen molar-refractivity contribution < 1.29 is 14.4 Å². The molecule has 0 aromatic heterocycles. The molecule has 0 aliphatic carbocycles. The van der Waals surface area contributed by atoms with Crippen LogP contribution in [0.1, 0.15) is 6.42 Å². The minimum Gasteiger partial charge on any atom is -0.468 e. The number of carbonyl (C=O) groups excluding carboxylic acids is 1. The highest BCUT2D eigenvalue weighted by atomic mass is 16.6. The lowest BCUT2D eigenvalue weighted by Gasteiger charge is -2.04. The molecule has 0 amide bonds. The zero-order valence-electron chi connectivity index (χ0n) is 7.16. The van der Waals surface area contributed by atoms with E-state index < -0.39 is 0 Å². The number of ether oxygens (including phenoxy) is 1. The topological polar surface area (TPSA) is 59.9 Å². The molecule has 1 aliphatic heterocycles. The molecule has 1 aliphatic rings. The third kappa shape index (κ3) is 1.94. The summed E-state index contributed by atoms with van der Waals surface area (Å²) in [6.45, 7) is 0.591. The SMILES string of the molecule is CO/N=C1\CN[C@H](C(=O)OC)C1. The quantitative estimate of drug-likeness (QED) is 0.451. The molecule has 5 heteroatoms. The fraction of sp³-hybridized carbons (Fsp3) is 0.714. The van der Waals surface area contributed by atoms with Crippen molar-refractivity contribution in [3.05, 3.63) is 0 Å². The van der Waals surface area contributed by atoms with Crippen molar-refractivity contribution in [2.24, 2.45) is 5.16 Å². The number of nitrogens with one attached hydrogen (secondary N) is 1. The second-order valence-corrected chi connectivity index (χ2v) is 2.50. The Labute approximate surface area is 70.7 Å². The van der Waals surface area contributed by atoms with Gasteiger partial charge in [-0.15, -0.1) is 0 Å². The normalized spacial score (nSPS) is 25.8. The van der Waals surface area contributed by atoms with Gasteiger partial charge in [0.05, 0.1) is 12.8 Å². The zero-order valence-corrected chi connectivity index (χ0v) is 7.16. The van der Waals surface area contributed by atoms with E-state index in [1.165, 1.54) is 14.2 Å². The van der Waals surface area contributed by atoms with Gasteiger partial charge in [-0.05, 0) is 0 Å². The van der Waals surface area contributed by atoms with Crippen LogP contribution < -0.4 is 5.32 Å². The summed E-state index contributed by atoms with van der Waals surface area (Å²) in [5.41, 5.74) is 0.841. The van der Waals surface area contributed by atoms with E-state index in [2.05, 4.69) is 20.0 Å². The van der Waals surface area contributed by atoms with Gasteiger partial charge in [-0.2, -0.15) is 0 Å². The molecule has 1 fully saturated rings. The maximum Gasteiger partial charge on any atom is 0.323 e. The number of methoxy groups -OCH3 is 1. The van der Waals surface area contributed by atoms with Crippen molar-refractivity contribution >= 4 is 11.7 Å². The van der Waals surface area contributed by atoms with E-state index in [1.807, 2.05) is 0 Å². The number of hydrogen-bond donors (Lipinski definition) is 1. The van der Waals surface area contributed by atoms with Crippen molar-refractivity contribution in [3.63, 3.8) is 0 Å². The van der Waals surface area contributed by atoms with Crippen molar-refractivity contribution in [2.45, 2.75) is 12.5 Å². The first-order valence-electron chi connectivity index (χ1n) is 3.68. The predicted octanol–water partition coefficient (Wildman–Crippen LogP) is -0.476. The molecule has 0 unspecified atom stereocenters. The van der Waals surface area contributed by atoms with Crippen LogP contribution in [0, 0.1) is 0 Å². The molecule has 1 atom stereocenters. The minimum atomic E-state index is -0.260. The summed E-state index contributed by atoms with van der Waals surface area (Å²) in [6.07, 6.45) is 0.570. The minimum absolute atomic E-state index is 0.253. The molecular weight excluding hydrogens is 160 g/mol. The number of esters is 1. The summed E-state index contributed by atoms with van der Waals surface area (Å²) < 4.78 is 4.56. The fourth-order valence-electron chi connectivity index (χ4n) is 1.13. The van der Waals surface area contributed by atoms with Gasteiger partial charge in [-0.1, -0.05) is 5.16 Å². The van der Waals surface area contributed by atoms with Crippen LogP contribution in [0.5, 0.6) is 0 Å². The maximum absolute atomic E-state index is 11.0. The summed E-state index contributed by atoms with van der Waals surface area (Å²) in [5, 5.41) is 6.69. The zero-order chi connectivity index (χ0) is 8.97. The van der Waals surface area contributed by atoms with Crippen LogP contribution >= 0.6 is 0 Å². The largest absolute Gasteiger partial charge is 0.468 e. The highest BCUT2D eigenvalue weighted by Crippen LogP contribution is 2.04. The number of oxime groups is 1. The Morgan fingerprint density at radius 2 is 2.42 bits per heavy atom. The Balaban J connectivity index is 2.45. The van der Waals surface area contributed by atoms with Gasteiger partial charge in [0.15, 0.2) is 0 Å². The van der Waals surface area contributed by atoms with Crippen molar-refractivity contribution in [1.82, 2.24) is 5.32 Å². The van der Waals surface area contributed by atoms with Gasteiger partial charge in [0, 0.05) is 13.0 Å². The standard InChI is InChI=1S/C7H12N2O3/c1-11-7(10)6-3-5(4-8-6)9-12-2/h6,8H,3-4H2,1-2H3/b9-5-/t6-/m0/s1. The summed E-state index contributed by atoms with van der Waals surface area (Å²) in [5.74, 6) is -0.253. The first-order valence-corrected chi connectivity index (χ1v) is 3.68. The number of nitrogens with zero attached hydrogens (tertiary/aromatic N) is 1. The van der Waals surface area contributed by atoms with Crippen LogP contribution in [-0.2, 0) is 14.4 Å². The van der Waals surface area contributed by atoms with E-state index in [1.54, 1.807) is 0 Å². The Hall–Kier alpha value is -1.10. The molecule has 1 heterocycles. The molecule has 0 aromatic carbocycles. The molecule has 0 saturated carbocycles. The number of hydrogen-bond acceptors (Lipinski definition) is 5. The molecule has 0 spiro atoms. The smallest absolute Gasteiger partial charge is 0.323 e. The highest BCUT2D eigenvalue weighted by Gasteiger charge is 2.27. The second kappa shape index (κ2) is 4.06. The van der Waals surface area contributed by atoms with Crippen molar-refractivity contribution in [3.8, 4) is 0 Å². The Morgan fingerprint density at radius 3 is 3.00 bits per heavy atom. The van der Waals surface area contributed by atoms with Crippen LogP contribution in [0.4, 0.5) is 0 Å². The Kier molecular flexibility index (Phi) is 3.04. The van der Waals surface area contributed by atoms with E-state index in [-0.39, 0.29) is 12.0 Å². The summed E-state index contributed by atoms with van der Waals surface area (Å²) in [4.78, 5) is 15.6. The van der Waals surface area contributed by atoms with E-state index in [4.69, 9.17) is 0 Å². The fourth-order valence-corrected chi connectivity index (χ4v) is 1.13. The van der Waals surface area contributed by atoms with Gasteiger partial charge in [-0.25, -0.2) is 0 Å². The predicted molar refractivity (Wildman–Crippen MR) is 42.9 cm³/mol. The first-order chi connectivity index (χ1) is 5.77. The average Bonchev–Trinajstić information content (AvgIpc) is 2.52. The molecule has 1 rings (SSSR count). The molecule has 0 radical (unpaired) electrons. The molecule has 0 aromatic rings. The van der Waals surface area contributed by atoms with Crippen LogP contribution in [0.3, 0.4) is 0 Å². The monoisotopic (exact) mass is 172 g/mol. The van der Waals surface area contributed by atoms with Crippen molar-refractivity contribution in [1.29, 1.82) is 0 Å². The van der Waals surface area contributed by atoms with E-state index in [0.717, 1.165) is 5.71 Å². The van der Waals surface area contributed by atoms with Crippen LogP contribution in [0.2, 0.25) is 0 Å². The van der Waals surface area contributed by atoms with Crippen LogP contribution in [0.15, 0.2) is 5.16 Å². The van der Waals surface area contributed by atoms with E-state index >= 15 is 0 Å². The lowest BCUT2D eigenvalue weighted by atomic mass is 10.2. The third-order valence-corrected chi connectivity index (χ3v) is 1.70. The average molecular weight is 172 g/mol. The lowest BCUT2D eigenvalue weighted by Crippen LogP contribution is -2.31. The van der Waals surface area contributed by atoms with Gasteiger partial charge < -0.3 is 9.57 Å². The van der Waals surface area contributed by atoms with Crippen LogP contribution in [-0.4, -0.2) is 38.5 Å². The molecule has 1 saturated heterocycles. The summed E-state index contributed by atoms with van der Waals surface area (Å²) >= 11 is 0. The van der Waals surface area contributed by atoms with Crippen molar-refractivity contribution in [2.75, 3.05) is 20.8 Å². The van der Waals surface area contributed by atoms with Gasteiger partial charge in [-0.3, -0.25) is 10.1 Å². The van der Waals surface area contributed by atoms with E-state index in [9.17, 15) is 4.79 Å². The second-order valence-electron chi connectivity index (χ2n) is 2.50. The summed E-state index contributed by atoms with van der Waals surface area (Å²) in [7, 11) is 2.86. The maximum atomic E-state index is 11.0. The summed E-state index contributed by atoms with van der Waals surface area (Å²) in [6, 6.07) is -0.260. The number of rotatable bonds is 2. The molecule has 5 nitrogen and oxygen atoms in total. The van der Waals surface area contributed by atoms with Gasteiger partial charge in [0.1, 0.15) is 13.2 Å².